The number of aryl methyl sites for hydroxylation is 2. The number of imide groups is 1. The normalized spacial score (nSPS) is 14.8. The molecule has 1 aromatic heterocycles. The van der Waals surface area contributed by atoms with Crippen LogP contribution in [-0.2, 0) is 14.8 Å². The lowest BCUT2D eigenvalue weighted by molar-refractivity contribution is -0.121. The number of amides is 3. The summed E-state index contributed by atoms with van der Waals surface area (Å²) in [7, 11) is -3.93. The van der Waals surface area contributed by atoms with Crippen LogP contribution >= 0.6 is 0 Å². The molecule has 2 unspecified atom stereocenters. The van der Waals surface area contributed by atoms with Crippen LogP contribution in [-0.4, -0.2) is 47.0 Å². The first kappa shape index (κ1) is 26.0. The Labute approximate surface area is 215 Å². The van der Waals surface area contributed by atoms with Gasteiger partial charge < -0.3 is 5.32 Å². The summed E-state index contributed by atoms with van der Waals surface area (Å²) in [4.78, 5) is 48.6. The van der Waals surface area contributed by atoms with E-state index in [1.54, 1.807) is 45.0 Å². The van der Waals surface area contributed by atoms with E-state index in [0.29, 0.717) is 23.6 Å². The Kier molecular flexibility index (Phi) is 7.08. The molecule has 2 atom stereocenters. The Morgan fingerprint density at radius 2 is 1.57 bits per heavy atom. The molecule has 0 fully saturated rings. The van der Waals surface area contributed by atoms with Crippen LogP contribution in [0.3, 0.4) is 0 Å². The van der Waals surface area contributed by atoms with Crippen molar-refractivity contribution in [2.24, 2.45) is 5.92 Å². The van der Waals surface area contributed by atoms with E-state index in [1.165, 1.54) is 30.3 Å². The maximum atomic E-state index is 13.3. The number of hydrogen-bond donors (Lipinski definition) is 2. The second-order valence-corrected chi connectivity index (χ2v) is 10.6. The van der Waals surface area contributed by atoms with Gasteiger partial charge in [-0.15, -0.1) is 0 Å². The zero-order chi connectivity index (χ0) is 26.9. The second-order valence-electron chi connectivity index (χ2n) is 8.92. The van der Waals surface area contributed by atoms with Gasteiger partial charge in [0.15, 0.2) is 0 Å². The van der Waals surface area contributed by atoms with Crippen molar-refractivity contribution >= 4 is 39.3 Å². The highest BCUT2D eigenvalue weighted by Crippen LogP contribution is 2.29. The van der Waals surface area contributed by atoms with E-state index in [-0.39, 0.29) is 27.8 Å². The van der Waals surface area contributed by atoms with Crippen LogP contribution in [0, 0.1) is 19.8 Å². The zero-order valence-electron chi connectivity index (χ0n) is 20.8. The van der Waals surface area contributed by atoms with Crippen LogP contribution < -0.4 is 10.0 Å². The third-order valence-electron chi connectivity index (χ3n) is 6.19. The summed E-state index contributed by atoms with van der Waals surface area (Å²) >= 11 is 0. The van der Waals surface area contributed by atoms with Gasteiger partial charge in [0, 0.05) is 17.4 Å². The average Bonchev–Trinajstić information content (AvgIpc) is 3.09. The van der Waals surface area contributed by atoms with Gasteiger partial charge in [-0.05, 0) is 56.2 Å². The molecule has 3 aromatic rings. The molecular formula is C26H27N5O5S. The number of fused-ring (bicyclic) bond motifs is 1. The molecule has 2 N–H and O–H groups in total. The maximum Gasteiger partial charge on any atom is 0.263 e. The third kappa shape index (κ3) is 5.21. The number of benzene rings is 2. The summed E-state index contributed by atoms with van der Waals surface area (Å²) in [6, 6.07) is 12.5. The highest BCUT2D eigenvalue weighted by atomic mass is 32.2. The number of sulfonamides is 1. The Morgan fingerprint density at radius 1 is 0.973 bits per heavy atom. The Balaban J connectivity index is 1.53. The molecule has 0 spiro atoms. The van der Waals surface area contributed by atoms with E-state index in [1.807, 2.05) is 6.92 Å². The van der Waals surface area contributed by atoms with E-state index < -0.39 is 33.8 Å². The van der Waals surface area contributed by atoms with Crippen LogP contribution in [0.4, 0.5) is 11.5 Å². The fourth-order valence-electron chi connectivity index (χ4n) is 4.21. The summed E-state index contributed by atoms with van der Waals surface area (Å²) in [5.74, 6) is -1.28. The molecule has 11 heteroatoms. The van der Waals surface area contributed by atoms with Gasteiger partial charge in [0.2, 0.25) is 5.91 Å². The predicted octanol–water partition coefficient (Wildman–Crippen LogP) is 3.54. The number of aromatic nitrogens is 2. The molecule has 37 heavy (non-hydrogen) atoms. The predicted molar refractivity (Wildman–Crippen MR) is 138 cm³/mol. The van der Waals surface area contributed by atoms with Crippen molar-refractivity contribution in [3.05, 3.63) is 77.2 Å². The summed E-state index contributed by atoms with van der Waals surface area (Å²) in [6.07, 6.45) is 0.552. The molecule has 2 heterocycles. The number of hydrogen-bond acceptors (Lipinski definition) is 7. The van der Waals surface area contributed by atoms with E-state index in [4.69, 9.17) is 0 Å². The minimum Gasteiger partial charge on any atom is -0.324 e. The largest absolute Gasteiger partial charge is 0.324 e. The zero-order valence-corrected chi connectivity index (χ0v) is 21.7. The minimum atomic E-state index is -3.93. The molecule has 0 aliphatic carbocycles. The number of nitrogens with one attached hydrogen (secondary N) is 2. The summed E-state index contributed by atoms with van der Waals surface area (Å²) in [6.45, 7) is 7.07. The molecule has 192 valence electrons. The molecule has 1 aliphatic rings. The van der Waals surface area contributed by atoms with Crippen molar-refractivity contribution in [1.82, 2.24) is 14.9 Å². The highest BCUT2D eigenvalue weighted by molar-refractivity contribution is 7.92. The van der Waals surface area contributed by atoms with Gasteiger partial charge >= 0.3 is 0 Å². The molecule has 1 aliphatic heterocycles. The molecule has 0 saturated carbocycles. The first-order chi connectivity index (χ1) is 17.5. The van der Waals surface area contributed by atoms with E-state index in [2.05, 4.69) is 20.0 Å². The summed E-state index contributed by atoms with van der Waals surface area (Å²) in [5.41, 5.74) is 1.48. The Morgan fingerprint density at radius 3 is 2.11 bits per heavy atom. The van der Waals surface area contributed by atoms with E-state index in [9.17, 15) is 22.8 Å². The number of nitrogens with zero attached hydrogens (tertiary/aromatic N) is 3. The van der Waals surface area contributed by atoms with Gasteiger partial charge in [0.25, 0.3) is 21.8 Å². The van der Waals surface area contributed by atoms with Crippen molar-refractivity contribution in [2.45, 2.75) is 45.1 Å². The van der Waals surface area contributed by atoms with Gasteiger partial charge in [-0.2, -0.15) is 0 Å². The van der Waals surface area contributed by atoms with Crippen LogP contribution in [0.2, 0.25) is 0 Å². The first-order valence-electron chi connectivity index (χ1n) is 11.7. The van der Waals surface area contributed by atoms with Crippen LogP contribution in [0.5, 0.6) is 0 Å². The summed E-state index contributed by atoms with van der Waals surface area (Å²) in [5, 5.41) is 2.72. The molecule has 0 bridgehead atoms. The second kappa shape index (κ2) is 10.1. The van der Waals surface area contributed by atoms with Crippen LogP contribution in [0.25, 0.3) is 0 Å². The lowest BCUT2D eigenvalue weighted by atomic mass is 9.96. The van der Waals surface area contributed by atoms with Gasteiger partial charge in [-0.1, -0.05) is 32.4 Å². The van der Waals surface area contributed by atoms with Gasteiger partial charge in [-0.3, -0.25) is 24.0 Å². The van der Waals surface area contributed by atoms with Crippen molar-refractivity contribution in [3.63, 3.8) is 0 Å². The lowest BCUT2D eigenvalue weighted by Gasteiger charge is -2.29. The molecule has 3 amide bonds. The SMILES string of the molecule is CCC(C)C(C(=O)Nc1ccc(S(=O)(=O)Nc2cc(C)nc(C)n2)cc1)N1C(=O)c2ccccc2C1=O. The summed E-state index contributed by atoms with van der Waals surface area (Å²) < 4.78 is 28.0. The van der Waals surface area contributed by atoms with Crippen molar-refractivity contribution in [1.29, 1.82) is 0 Å². The Bertz CT molecular complexity index is 1430. The fraction of sp³-hybridized carbons (Fsp3) is 0.269. The highest BCUT2D eigenvalue weighted by Gasteiger charge is 2.44. The van der Waals surface area contributed by atoms with E-state index >= 15 is 0 Å². The number of rotatable bonds is 8. The monoisotopic (exact) mass is 521 g/mol. The average molecular weight is 522 g/mol. The molecular weight excluding hydrogens is 494 g/mol. The van der Waals surface area contributed by atoms with Crippen molar-refractivity contribution < 1.29 is 22.8 Å². The van der Waals surface area contributed by atoms with Crippen molar-refractivity contribution in [3.8, 4) is 0 Å². The van der Waals surface area contributed by atoms with Crippen LogP contribution in [0.15, 0.2) is 59.5 Å². The van der Waals surface area contributed by atoms with Gasteiger partial charge in [0.05, 0.1) is 16.0 Å². The van der Waals surface area contributed by atoms with Gasteiger partial charge in [-0.25, -0.2) is 18.4 Å². The van der Waals surface area contributed by atoms with Gasteiger partial charge in [0.1, 0.15) is 17.7 Å². The quantitative estimate of drug-likeness (QED) is 0.432. The number of anilines is 2. The number of carbonyl (C=O) groups excluding carboxylic acids is 3. The smallest absolute Gasteiger partial charge is 0.263 e. The van der Waals surface area contributed by atoms with E-state index in [0.717, 1.165) is 4.90 Å². The number of carbonyl (C=O) groups is 3. The molecule has 2 aromatic carbocycles. The molecule has 0 saturated heterocycles. The molecule has 4 rings (SSSR count). The lowest BCUT2D eigenvalue weighted by Crippen LogP contribution is -2.50. The standard InChI is InChI=1S/C26H27N5O5S/c1-5-15(2)23(31-25(33)20-8-6-7-9-21(20)26(31)34)24(32)29-18-10-12-19(13-11-18)37(35,36)30-22-14-16(3)27-17(4)28-22/h6-15,23H,5H2,1-4H3,(H,29,32)(H,27,28,30). The van der Waals surface area contributed by atoms with Crippen LogP contribution in [0.1, 0.15) is 52.5 Å². The molecule has 10 nitrogen and oxygen atoms in total. The minimum absolute atomic E-state index is 0.0294. The topological polar surface area (TPSA) is 138 Å². The Hall–Kier alpha value is -4.12. The third-order valence-corrected chi connectivity index (χ3v) is 7.56. The fourth-order valence-corrected chi connectivity index (χ4v) is 5.21. The van der Waals surface area contributed by atoms with Crippen molar-refractivity contribution in [2.75, 3.05) is 10.0 Å². The maximum absolute atomic E-state index is 13.3. The first-order valence-corrected chi connectivity index (χ1v) is 13.2. The molecule has 0 radical (unpaired) electrons.